The van der Waals surface area contributed by atoms with Crippen LogP contribution in [0, 0.1) is 0 Å². The Bertz CT molecular complexity index is 1310. The molecule has 168 valence electrons. The monoisotopic (exact) mass is 459 g/mol. The first-order valence-corrected chi connectivity index (χ1v) is 11.8. The SMILES string of the molecule is COc1ccc(C2c3c(n(C)c4ccccc34)C(=O)N2CC(=O)NCCc2cccs2)cc1. The minimum absolute atomic E-state index is 0.00295. The lowest BCUT2D eigenvalue weighted by atomic mass is 9.98. The first-order valence-electron chi connectivity index (χ1n) is 10.9. The second kappa shape index (κ2) is 8.75. The van der Waals surface area contributed by atoms with E-state index in [1.54, 1.807) is 23.3 Å². The highest BCUT2D eigenvalue weighted by Gasteiger charge is 2.42. The van der Waals surface area contributed by atoms with Crippen LogP contribution in [0.2, 0.25) is 0 Å². The molecule has 5 rings (SSSR count). The van der Waals surface area contributed by atoms with Crippen molar-refractivity contribution in [3.05, 3.63) is 87.7 Å². The smallest absolute Gasteiger partial charge is 0.272 e. The molecule has 4 aromatic rings. The van der Waals surface area contributed by atoms with E-state index in [9.17, 15) is 9.59 Å². The molecular weight excluding hydrogens is 434 g/mol. The van der Waals surface area contributed by atoms with Crippen molar-refractivity contribution in [1.29, 1.82) is 0 Å². The molecule has 0 saturated carbocycles. The van der Waals surface area contributed by atoms with Gasteiger partial charge in [0.05, 0.1) is 13.2 Å². The molecule has 2 amide bonds. The molecule has 1 aliphatic heterocycles. The number of nitrogens with zero attached hydrogens (tertiary/aromatic N) is 2. The second-order valence-corrected chi connectivity index (χ2v) is 9.16. The molecule has 1 aliphatic rings. The fourth-order valence-corrected chi connectivity index (χ4v) is 5.36. The van der Waals surface area contributed by atoms with Crippen LogP contribution in [0.1, 0.15) is 32.5 Å². The molecule has 2 aromatic heterocycles. The molecule has 3 heterocycles. The Labute approximate surface area is 196 Å². The molecule has 7 heteroatoms. The average molecular weight is 460 g/mol. The number of rotatable bonds is 7. The summed E-state index contributed by atoms with van der Waals surface area (Å²) >= 11 is 1.68. The number of aryl methyl sites for hydroxylation is 1. The number of carbonyl (C=O) groups is 2. The van der Waals surface area contributed by atoms with E-state index in [0.717, 1.165) is 34.2 Å². The van der Waals surface area contributed by atoms with Crippen molar-refractivity contribution in [1.82, 2.24) is 14.8 Å². The van der Waals surface area contributed by atoms with E-state index >= 15 is 0 Å². The van der Waals surface area contributed by atoms with Gasteiger partial charge >= 0.3 is 0 Å². The van der Waals surface area contributed by atoms with Crippen LogP contribution in [0.15, 0.2) is 66.0 Å². The lowest BCUT2D eigenvalue weighted by Crippen LogP contribution is -2.40. The van der Waals surface area contributed by atoms with Crippen LogP contribution in [0.4, 0.5) is 0 Å². The van der Waals surface area contributed by atoms with E-state index in [-0.39, 0.29) is 24.4 Å². The predicted molar refractivity (Wildman–Crippen MR) is 130 cm³/mol. The van der Waals surface area contributed by atoms with Gasteiger partial charge in [-0.05, 0) is 41.6 Å². The first-order chi connectivity index (χ1) is 16.1. The van der Waals surface area contributed by atoms with Gasteiger partial charge < -0.3 is 19.5 Å². The molecule has 0 saturated heterocycles. The lowest BCUT2D eigenvalue weighted by Gasteiger charge is -2.26. The summed E-state index contributed by atoms with van der Waals surface area (Å²) in [5, 5.41) is 6.04. The standard InChI is InChI=1S/C26H25N3O3S/c1-28-21-8-4-3-7-20(21)23-24(17-9-11-18(32-2)12-10-17)29(26(31)25(23)28)16-22(30)27-14-13-19-6-5-15-33-19/h3-12,15,24H,13-14,16H2,1-2H3,(H,27,30). The summed E-state index contributed by atoms with van der Waals surface area (Å²) in [5.41, 5.74) is 3.55. The Morgan fingerprint density at radius 2 is 1.88 bits per heavy atom. The summed E-state index contributed by atoms with van der Waals surface area (Å²) < 4.78 is 7.26. The molecule has 1 unspecified atom stereocenters. The number of benzene rings is 2. The predicted octanol–water partition coefficient (Wildman–Crippen LogP) is 4.15. The number of hydrogen-bond acceptors (Lipinski definition) is 4. The Morgan fingerprint density at radius 3 is 2.61 bits per heavy atom. The number of hydrogen-bond donors (Lipinski definition) is 1. The van der Waals surface area contributed by atoms with Crippen LogP contribution in [0.25, 0.3) is 10.9 Å². The topological polar surface area (TPSA) is 63.6 Å². The van der Waals surface area contributed by atoms with E-state index in [2.05, 4.69) is 11.4 Å². The number of aromatic nitrogens is 1. The highest BCUT2D eigenvalue weighted by Crippen LogP contribution is 2.43. The molecule has 0 spiro atoms. The number of amides is 2. The Kier molecular flexibility index (Phi) is 5.64. The van der Waals surface area contributed by atoms with Gasteiger partial charge in [-0.25, -0.2) is 0 Å². The highest BCUT2D eigenvalue weighted by atomic mass is 32.1. The maximum atomic E-state index is 13.6. The fraction of sp³-hybridized carbons (Fsp3) is 0.231. The third kappa shape index (κ3) is 3.78. The summed E-state index contributed by atoms with van der Waals surface area (Å²) in [5.74, 6) is 0.465. The Morgan fingerprint density at radius 1 is 1.09 bits per heavy atom. The molecule has 0 aliphatic carbocycles. The van der Waals surface area contributed by atoms with E-state index < -0.39 is 0 Å². The molecule has 2 aromatic carbocycles. The van der Waals surface area contributed by atoms with Crippen molar-refractivity contribution in [3.8, 4) is 5.75 Å². The summed E-state index contributed by atoms with van der Waals surface area (Å²) in [7, 11) is 3.54. The van der Waals surface area contributed by atoms with Crippen molar-refractivity contribution in [3.63, 3.8) is 0 Å². The molecule has 1 atom stereocenters. The van der Waals surface area contributed by atoms with Gasteiger partial charge in [-0.2, -0.15) is 0 Å². The van der Waals surface area contributed by atoms with Crippen LogP contribution in [0.3, 0.4) is 0 Å². The Balaban J connectivity index is 1.47. The quantitative estimate of drug-likeness (QED) is 0.452. The van der Waals surface area contributed by atoms with E-state index in [0.29, 0.717) is 12.2 Å². The third-order valence-corrected chi connectivity index (χ3v) is 7.15. The fourth-order valence-electron chi connectivity index (χ4n) is 4.65. The molecule has 6 nitrogen and oxygen atoms in total. The van der Waals surface area contributed by atoms with Crippen LogP contribution >= 0.6 is 11.3 Å². The number of ether oxygens (including phenoxy) is 1. The van der Waals surface area contributed by atoms with Gasteiger partial charge in [-0.1, -0.05) is 36.4 Å². The number of para-hydroxylation sites is 1. The van der Waals surface area contributed by atoms with Crippen molar-refractivity contribution in [2.24, 2.45) is 7.05 Å². The second-order valence-electron chi connectivity index (χ2n) is 8.13. The average Bonchev–Trinajstić information content (AvgIpc) is 3.52. The van der Waals surface area contributed by atoms with Crippen LogP contribution < -0.4 is 10.1 Å². The number of carbonyl (C=O) groups excluding carboxylic acids is 2. The van der Waals surface area contributed by atoms with Gasteiger partial charge in [-0.3, -0.25) is 9.59 Å². The normalized spacial score (nSPS) is 15.2. The maximum Gasteiger partial charge on any atom is 0.272 e. The van der Waals surface area contributed by atoms with Crippen molar-refractivity contribution < 1.29 is 14.3 Å². The zero-order valence-electron chi connectivity index (χ0n) is 18.6. The number of thiophene rings is 1. The zero-order valence-corrected chi connectivity index (χ0v) is 19.4. The summed E-state index contributed by atoms with van der Waals surface area (Å²) in [6.45, 7) is 0.549. The van der Waals surface area contributed by atoms with Crippen LogP contribution in [-0.2, 0) is 18.3 Å². The number of nitrogens with one attached hydrogen (secondary N) is 1. The van der Waals surface area contributed by atoms with Crippen LogP contribution in [-0.4, -0.2) is 41.5 Å². The van der Waals surface area contributed by atoms with Gasteiger partial charge in [-0.15, -0.1) is 11.3 Å². The van der Waals surface area contributed by atoms with Gasteiger partial charge in [0.25, 0.3) is 5.91 Å². The summed E-state index contributed by atoms with van der Waals surface area (Å²) in [6.07, 6.45) is 0.782. The summed E-state index contributed by atoms with van der Waals surface area (Å²) in [6, 6.07) is 19.5. The van der Waals surface area contributed by atoms with Gasteiger partial charge in [0.2, 0.25) is 5.91 Å². The highest BCUT2D eigenvalue weighted by molar-refractivity contribution is 7.09. The maximum absolute atomic E-state index is 13.6. The largest absolute Gasteiger partial charge is 0.497 e. The number of fused-ring (bicyclic) bond motifs is 3. The van der Waals surface area contributed by atoms with Gasteiger partial charge in [0.15, 0.2) is 0 Å². The first kappa shape index (κ1) is 21.3. The molecule has 1 N–H and O–H groups in total. The van der Waals surface area contributed by atoms with Crippen molar-refractivity contribution in [2.75, 3.05) is 20.2 Å². The lowest BCUT2D eigenvalue weighted by molar-refractivity contribution is -0.122. The number of methoxy groups -OCH3 is 1. The molecule has 0 fully saturated rings. The molecule has 33 heavy (non-hydrogen) atoms. The van der Waals surface area contributed by atoms with Crippen LogP contribution in [0.5, 0.6) is 5.75 Å². The van der Waals surface area contributed by atoms with E-state index in [1.165, 1.54) is 4.88 Å². The Hall–Kier alpha value is -3.58. The minimum atomic E-state index is -0.340. The van der Waals surface area contributed by atoms with Gasteiger partial charge in [0, 0.05) is 34.9 Å². The van der Waals surface area contributed by atoms with Crippen molar-refractivity contribution >= 4 is 34.1 Å². The van der Waals surface area contributed by atoms with E-state index in [1.807, 2.05) is 71.6 Å². The molecule has 0 radical (unpaired) electrons. The summed E-state index contributed by atoms with van der Waals surface area (Å²) in [4.78, 5) is 29.3. The minimum Gasteiger partial charge on any atom is -0.497 e. The molecule has 0 bridgehead atoms. The zero-order chi connectivity index (χ0) is 22.9. The van der Waals surface area contributed by atoms with Gasteiger partial charge in [0.1, 0.15) is 18.0 Å². The van der Waals surface area contributed by atoms with Crippen molar-refractivity contribution in [2.45, 2.75) is 12.5 Å². The van der Waals surface area contributed by atoms with E-state index in [4.69, 9.17) is 4.74 Å². The molecular formula is C26H25N3O3S. The third-order valence-electron chi connectivity index (χ3n) is 6.21.